The van der Waals surface area contributed by atoms with Crippen molar-refractivity contribution in [3.63, 3.8) is 0 Å². The SMILES string of the molecule is O=C(NC[C@H](c1ccc(Cl)cc1)N1CCCC1)c1cn[nH]n1. The van der Waals surface area contributed by atoms with Crippen molar-refractivity contribution in [1.82, 2.24) is 25.6 Å². The van der Waals surface area contributed by atoms with Crippen LogP contribution in [0.4, 0.5) is 0 Å². The number of nitrogens with one attached hydrogen (secondary N) is 2. The molecule has 1 aliphatic rings. The monoisotopic (exact) mass is 319 g/mol. The third-order valence-electron chi connectivity index (χ3n) is 3.94. The fraction of sp³-hybridized carbons (Fsp3) is 0.400. The Balaban J connectivity index is 1.71. The molecule has 22 heavy (non-hydrogen) atoms. The van der Waals surface area contributed by atoms with Gasteiger partial charge in [0.2, 0.25) is 0 Å². The first kappa shape index (κ1) is 15.0. The van der Waals surface area contributed by atoms with Crippen LogP contribution >= 0.6 is 11.6 Å². The number of likely N-dealkylation sites (tertiary alicyclic amines) is 1. The Labute approximate surface area is 133 Å². The molecular weight excluding hydrogens is 302 g/mol. The second kappa shape index (κ2) is 6.89. The summed E-state index contributed by atoms with van der Waals surface area (Å²) in [5, 5.41) is 13.6. The smallest absolute Gasteiger partial charge is 0.273 e. The number of benzene rings is 1. The number of nitrogens with zero attached hydrogens (tertiary/aromatic N) is 3. The number of aromatic amines is 1. The summed E-state index contributed by atoms with van der Waals surface area (Å²) in [6, 6.07) is 7.97. The molecule has 0 radical (unpaired) electrons. The molecule has 1 atom stereocenters. The minimum absolute atomic E-state index is 0.149. The lowest BCUT2D eigenvalue weighted by atomic mass is 10.1. The molecule has 1 saturated heterocycles. The van der Waals surface area contributed by atoms with E-state index in [0.717, 1.165) is 23.7 Å². The number of hydrogen-bond donors (Lipinski definition) is 2. The Morgan fingerprint density at radius 3 is 2.68 bits per heavy atom. The van der Waals surface area contributed by atoms with Gasteiger partial charge in [0.1, 0.15) is 0 Å². The molecule has 1 fully saturated rings. The minimum Gasteiger partial charge on any atom is -0.349 e. The Morgan fingerprint density at radius 1 is 1.32 bits per heavy atom. The minimum atomic E-state index is -0.216. The van der Waals surface area contributed by atoms with E-state index in [1.807, 2.05) is 24.3 Å². The molecule has 1 amide bonds. The first-order valence-corrected chi connectivity index (χ1v) is 7.75. The van der Waals surface area contributed by atoms with Crippen LogP contribution in [-0.4, -0.2) is 45.9 Å². The van der Waals surface area contributed by atoms with Crippen LogP contribution in [0.15, 0.2) is 30.5 Å². The van der Waals surface area contributed by atoms with E-state index in [1.165, 1.54) is 19.0 Å². The van der Waals surface area contributed by atoms with Crippen LogP contribution < -0.4 is 5.32 Å². The topological polar surface area (TPSA) is 73.9 Å². The quantitative estimate of drug-likeness (QED) is 0.884. The summed E-state index contributed by atoms with van der Waals surface area (Å²) in [5.74, 6) is -0.216. The van der Waals surface area contributed by atoms with Gasteiger partial charge < -0.3 is 5.32 Å². The van der Waals surface area contributed by atoms with Gasteiger partial charge in [0.25, 0.3) is 5.91 Å². The Morgan fingerprint density at radius 2 is 2.05 bits per heavy atom. The zero-order valence-corrected chi connectivity index (χ0v) is 12.9. The molecule has 3 rings (SSSR count). The number of hydrogen-bond acceptors (Lipinski definition) is 4. The molecule has 116 valence electrons. The molecule has 6 nitrogen and oxygen atoms in total. The van der Waals surface area contributed by atoms with Gasteiger partial charge >= 0.3 is 0 Å². The van der Waals surface area contributed by atoms with Gasteiger partial charge in [-0.05, 0) is 43.6 Å². The predicted octanol–water partition coefficient (Wildman–Crippen LogP) is 2.02. The van der Waals surface area contributed by atoms with Gasteiger partial charge in [-0.3, -0.25) is 9.69 Å². The summed E-state index contributed by atoms with van der Waals surface area (Å²) in [6.07, 6.45) is 3.81. The molecule has 2 aromatic rings. The maximum absolute atomic E-state index is 12.0. The summed E-state index contributed by atoms with van der Waals surface area (Å²) in [7, 11) is 0. The maximum Gasteiger partial charge on any atom is 0.273 e. The second-order valence-electron chi connectivity index (χ2n) is 5.38. The number of carbonyl (C=O) groups is 1. The van der Waals surface area contributed by atoms with Gasteiger partial charge in [0.05, 0.1) is 12.2 Å². The van der Waals surface area contributed by atoms with Gasteiger partial charge in [0.15, 0.2) is 5.69 Å². The lowest BCUT2D eigenvalue weighted by Crippen LogP contribution is -2.36. The molecule has 1 aromatic carbocycles. The van der Waals surface area contributed by atoms with Crippen molar-refractivity contribution in [2.45, 2.75) is 18.9 Å². The molecule has 0 saturated carbocycles. The molecule has 1 aliphatic heterocycles. The van der Waals surface area contributed by atoms with Crippen molar-refractivity contribution >= 4 is 17.5 Å². The number of rotatable bonds is 5. The van der Waals surface area contributed by atoms with E-state index < -0.39 is 0 Å². The molecule has 0 spiro atoms. The average Bonchev–Trinajstić information content (AvgIpc) is 3.22. The molecular formula is C15H18ClN5O. The fourth-order valence-electron chi connectivity index (χ4n) is 2.79. The Hall–Kier alpha value is -1.92. The summed E-state index contributed by atoms with van der Waals surface area (Å²) < 4.78 is 0. The Kier molecular flexibility index (Phi) is 4.70. The number of amides is 1. The number of H-pyrrole nitrogens is 1. The third-order valence-corrected chi connectivity index (χ3v) is 4.19. The predicted molar refractivity (Wildman–Crippen MR) is 83.7 cm³/mol. The zero-order chi connectivity index (χ0) is 15.4. The molecule has 0 bridgehead atoms. The normalized spacial score (nSPS) is 16.6. The van der Waals surface area contributed by atoms with Crippen molar-refractivity contribution < 1.29 is 4.79 Å². The largest absolute Gasteiger partial charge is 0.349 e. The Bertz CT molecular complexity index is 607. The van der Waals surface area contributed by atoms with E-state index in [4.69, 9.17) is 11.6 Å². The first-order chi connectivity index (χ1) is 10.7. The fourth-order valence-corrected chi connectivity index (χ4v) is 2.91. The highest BCUT2D eigenvalue weighted by Crippen LogP contribution is 2.25. The first-order valence-electron chi connectivity index (χ1n) is 7.37. The van der Waals surface area contributed by atoms with Crippen LogP contribution in [-0.2, 0) is 0 Å². The molecule has 2 N–H and O–H groups in total. The van der Waals surface area contributed by atoms with E-state index in [-0.39, 0.29) is 11.9 Å². The van der Waals surface area contributed by atoms with E-state index in [0.29, 0.717) is 12.2 Å². The zero-order valence-electron chi connectivity index (χ0n) is 12.1. The molecule has 2 heterocycles. The van der Waals surface area contributed by atoms with Gasteiger partial charge in [-0.1, -0.05) is 23.7 Å². The number of halogens is 1. The highest BCUT2D eigenvalue weighted by molar-refractivity contribution is 6.30. The van der Waals surface area contributed by atoms with Gasteiger partial charge in [-0.25, -0.2) is 0 Å². The lowest BCUT2D eigenvalue weighted by molar-refractivity contribution is 0.0933. The van der Waals surface area contributed by atoms with Crippen LogP contribution in [0.2, 0.25) is 5.02 Å². The summed E-state index contributed by atoms with van der Waals surface area (Å²) >= 11 is 5.97. The van der Waals surface area contributed by atoms with Crippen LogP contribution in [0, 0.1) is 0 Å². The highest BCUT2D eigenvalue weighted by atomic mass is 35.5. The highest BCUT2D eigenvalue weighted by Gasteiger charge is 2.24. The maximum atomic E-state index is 12.0. The van der Waals surface area contributed by atoms with Crippen molar-refractivity contribution in [1.29, 1.82) is 0 Å². The van der Waals surface area contributed by atoms with E-state index >= 15 is 0 Å². The molecule has 0 aliphatic carbocycles. The van der Waals surface area contributed by atoms with Crippen LogP contribution in [0.25, 0.3) is 0 Å². The average molecular weight is 320 g/mol. The van der Waals surface area contributed by atoms with Crippen molar-refractivity contribution in [2.24, 2.45) is 0 Å². The van der Waals surface area contributed by atoms with Crippen molar-refractivity contribution in [3.8, 4) is 0 Å². The van der Waals surface area contributed by atoms with Gasteiger partial charge in [0, 0.05) is 11.6 Å². The van der Waals surface area contributed by atoms with Gasteiger partial charge in [-0.15, -0.1) is 0 Å². The summed E-state index contributed by atoms with van der Waals surface area (Å²) in [6.45, 7) is 2.63. The number of carbonyl (C=O) groups excluding carboxylic acids is 1. The summed E-state index contributed by atoms with van der Waals surface area (Å²) in [4.78, 5) is 14.4. The number of aromatic nitrogens is 3. The van der Waals surface area contributed by atoms with Crippen LogP contribution in [0.1, 0.15) is 34.9 Å². The standard InChI is InChI=1S/C15H18ClN5O/c16-12-5-3-11(4-6-12)14(21-7-1-2-8-21)10-17-15(22)13-9-18-20-19-13/h3-6,9,14H,1-2,7-8,10H2,(H,17,22)(H,18,19,20)/t14-/m1/s1. The van der Waals surface area contributed by atoms with Crippen LogP contribution in [0.3, 0.4) is 0 Å². The van der Waals surface area contributed by atoms with Crippen LogP contribution in [0.5, 0.6) is 0 Å². The van der Waals surface area contributed by atoms with E-state index in [2.05, 4.69) is 25.6 Å². The molecule has 7 heteroatoms. The van der Waals surface area contributed by atoms with Crippen molar-refractivity contribution in [3.05, 3.63) is 46.7 Å². The van der Waals surface area contributed by atoms with E-state index in [1.54, 1.807) is 0 Å². The summed E-state index contributed by atoms with van der Waals surface area (Å²) in [5.41, 5.74) is 1.46. The second-order valence-corrected chi connectivity index (χ2v) is 5.81. The lowest BCUT2D eigenvalue weighted by Gasteiger charge is -2.28. The van der Waals surface area contributed by atoms with Gasteiger partial charge in [-0.2, -0.15) is 15.4 Å². The molecule has 0 unspecified atom stereocenters. The van der Waals surface area contributed by atoms with Crippen molar-refractivity contribution in [2.75, 3.05) is 19.6 Å². The molecule has 1 aromatic heterocycles. The van der Waals surface area contributed by atoms with E-state index in [9.17, 15) is 4.79 Å². The third kappa shape index (κ3) is 3.45.